The Morgan fingerprint density at radius 3 is 2.14 bits per heavy atom. The summed E-state index contributed by atoms with van der Waals surface area (Å²) in [5, 5.41) is 35.1. The Hall–Kier alpha value is -5.50. The van der Waals surface area contributed by atoms with Crippen molar-refractivity contribution < 1.29 is 29.6 Å². The number of para-hydroxylation sites is 2. The zero-order valence-electron chi connectivity index (χ0n) is 27.6. The molecule has 252 valence electrons. The highest BCUT2D eigenvalue weighted by molar-refractivity contribution is 6.22. The second-order valence-electron chi connectivity index (χ2n) is 12.9. The van der Waals surface area contributed by atoms with Gasteiger partial charge in [-0.1, -0.05) is 103 Å². The maximum atomic E-state index is 14.0. The van der Waals surface area contributed by atoms with E-state index in [1.54, 1.807) is 30.3 Å². The first kappa shape index (κ1) is 33.0. The molecule has 0 unspecified atom stereocenters. The summed E-state index contributed by atoms with van der Waals surface area (Å²) in [6.07, 6.45) is 2.11. The number of carbonyl (C=O) groups excluding carboxylic acids is 2. The van der Waals surface area contributed by atoms with Crippen LogP contribution < -0.4 is 9.64 Å². The van der Waals surface area contributed by atoms with Crippen LogP contribution in [0.2, 0.25) is 0 Å². The molecule has 7 rings (SSSR count). The molecule has 0 bridgehead atoms. The Balaban J connectivity index is 1.24. The number of anilines is 1. The van der Waals surface area contributed by atoms with Gasteiger partial charge in [0.25, 0.3) is 0 Å². The molecule has 3 N–H and O–H groups in total. The highest BCUT2D eigenvalue weighted by atomic mass is 16.5. The van der Waals surface area contributed by atoms with Crippen molar-refractivity contribution in [2.24, 2.45) is 17.8 Å². The number of nitrogens with zero attached hydrogens (tertiary/aromatic N) is 1. The second-order valence-corrected chi connectivity index (χ2v) is 12.9. The maximum absolute atomic E-state index is 14.0. The molecule has 1 fully saturated rings. The number of rotatable bonds is 11. The number of aliphatic hydroxyl groups is 2. The van der Waals surface area contributed by atoms with Crippen molar-refractivity contribution in [1.82, 2.24) is 0 Å². The lowest BCUT2D eigenvalue weighted by Crippen LogP contribution is -2.40. The van der Waals surface area contributed by atoms with Crippen LogP contribution in [0.25, 0.3) is 22.4 Å². The molecule has 0 aromatic heterocycles. The second kappa shape index (κ2) is 14.5. The van der Waals surface area contributed by atoms with Gasteiger partial charge in [-0.2, -0.15) is 0 Å². The number of hydrogen-bond acceptors (Lipinski definition) is 6. The number of imide groups is 1. The molecular weight excluding hydrogens is 626 g/mol. The largest absolute Gasteiger partial charge is 0.507 e. The molecule has 1 heterocycles. The van der Waals surface area contributed by atoms with Gasteiger partial charge in [0.05, 0.1) is 30.2 Å². The number of amides is 2. The number of allylic oxidation sites excluding steroid dienone is 1. The number of phenols is 1. The van der Waals surface area contributed by atoms with Gasteiger partial charge in [0, 0.05) is 11.3 Å². The molecule has 1 saturated heterocycles. The van der Waals surface area contributed by atoms with E-state index in [-0.39, 0.29) is 30.6 Å². The summed E-state index contributed by atoms with van der Waals surface area (Å²) < 4.78 is 6.17. The van der Waals surface area contributed by atoms with Crippen LogP contribution in [0.15, 0.2) is 139 Å². The zero-order chi connectivity index (χ0) is 34.6. The van der Waals surface area contributed by atoms with Crippen molar-refractivity contribution in [3.8, 4) is 11.5 Å². The van der Waals surface area contributed by atoms with Crippen molar-refractivity contribution in [2.75, 3.05) is 18.1 Å². The summed E-state index contributed by atoms with van der Waals surface area (Å²) in [6.45, 7) is -0.283. The minimum Gasteiger partial charge on any atom is -0.507 e. The van der Waals surface area contributed by atoms with Gasteiger partial charge in [-0.25, -0.2) is 0 Å². The average Bonchev–Trinajstić information content (AvgIpc) is 3.42. The third-order valence-corrected chi connectivity index (χ3v) is 10.0. The third-order valence-electron chi connectivity index (χ3n) is 10.0. The number of ether oxygens (including phenoxy) is 1. The topological polar surface area (TPSA) is 107 Å². The Morgan fingerprint density at radius 2 is 1.44 bits per heavy atom. The Labute approximate surface area is 291 Å². The highest BCUT2D eigenvalue weighted by Gasteiger charge is 2.55. The molecule has 2 aliphatic rings. The molecule has 7 nitrogen and oxygen atoms in total. The van der Waals surface area contributed by atoms with Gasteiger partial charge >= 0.3 is 0 Å². The van der Waals surface area contributed by atoms with Crippen LogP contribution in [-0.4, -0.2) is 46.5 Å². The minimum atomic E-state index is -1.01. The summed E-state index contributed by atoms with van der Waals surface area (Å²) in [5.41, 5.74) is 4.72. The first-order valence-corrected chi connectivity index (χ1v) is 17.0. The van der Waals surface area contributed by atoms with Crippen LogP contribution in [-0.2, 0) is 9.59 Å². The molecule has 7 heteroatoms. The standard InChI is InChI=1S/C43H39NO6/c45-26-37-40(39(47)23-20-29(28-12-4-1-5-13-28)24-30-21-22-38(46)35-19-11-10-18-34(30)35)31(27-50-33-16-8-3-9-17-33)25-36-41(37)43(49)44(42(36)48)32-14-6-2-7-15-32/h1-19,21-22,24,36-37,39,41,45-47H,20,23,25-27H2/b29-24-/t36-,37+,39-,41-/m1/s1. The van der Waals surface area contributed by atoms with E-state index in [9.17, 15) is 24.9 Å². The number of fused-ring (bicyclic) bond motifs is 2. The number of carbonyl (C=O) groups is 2. The van der Waals surface area contributed by atoms with Gasteiger partial charge < -0.3 is 20.1 Å². The van der Waals surface area contributed by atoms with Crippen molar-refractivity contribution in [2.45, 2.75) is 25.4 Å². The molecule has 0 spiro atoms. The van der Waals surface area contributed by atoms with E-state index >= 15 is 0 Å². The van der Waals surface area contributed by atoms with E-state index in [1.165, 1.54) is 4.90 Å². The van der Waals surface area contributed by atoms with E-state index < -0.39 is 30.5 Å². The summed E-state index contributed by atoms with van der Waals surface area (Å²) >= 11 is 0. The molecule has 0 saturated carbocycles. The predicted octanol–water partition coefficient (Wildman–Crippen LogP) is 7.42. The van der Waals surface area contributed by atoms with Crippen molar-refractivity contribution >= 4 is 39.9 Å². The molecule has 0 radical (unpaired) electrons. The third kappa shape index (κ3) is 6.45. The normalized spacial score (nSPS) is 19.9. The predicted molar refractivity (Wildman–Crippen MR) is 195 cm³/mol. The summed E-state index contributed by atoms with van der Waals surface area (Å²) in [7, 11) is 0. The monoisotopic (exact) mass is 665 g/mol. The van der Waals surface area contributed by atoms with E-state index in [4.69, 9.17) is 4.74 Å². The first-order valence-electron chi connectivity index (χ1n) is 17.0. The lowest BCUT2D eigenvalue weighted by molar-refractivity contribution is -0.123. The summed E-state index contributed by atoms with van der Waals surface area (Å²) in [4.78, 5) is 29.1. The van der Waals surface area contributed by atoms with Gasteiger partial charge in [-0.3, -0.25) is 14.5 Å². The van der Waals surface area contributed by atoms with E-state index in [1.807, 2.05) is 97.1 Å². The first-order chi connectivity index (χ1) is 24.4. The Bertz CT molecular complexity index is 2060. The Morgan fingerprint density at radius 1 is 0.800 bits per heavy atom. The minimum absolute atomic E-state index is 0.115. The molecular formula is C43H39NO6. The number of hydrogen-bond donors (Lipinski definition) is 3. The van der Waals surface area contributed by atoms with Gasteiger partial charge in [-0.05, 0) is 82.8 Å². The smallest absolute Gasteiger partial charge is 0.238 e. The molecule has 2 amide bonds. The van der Waals surface area contributed by atoms with Gasteiger partial charge in [-0.15, -0.1) is 0 Å². The van der Waals surface area contributed by atoms with E-state index in [0.717, 1.165) is 33.0 Å². The number of phenolic OH excluding ortho intramolecular Hbond substituents is 1. The van der Waals surface area contributed by atoms with Crippen molar-refractivity contribution in [1.29, 1.82) is 0 Å². The van der Waals surface area contributed by atoms with Gasteiger partial charge in [0.1, 0.15) is 18.1 Å². The summed E-state index contributed by atoms with van der Waals surface area (Å²) in [5.74, 6) is -2.03. The number of benzene rings is 5. The Kier molecular flexibility index (Phi) is 9.60. The zero-order valence-corrected chi connectivity index (χ0v) is 27.6. The van der Waals surface area contributed by atoms with Gasteiger partial charge in [0.15, 0.2) is 0 Å². The van der Waals surface area contributed by atoms with Crippen LogP contribution in [0.5, 0.6) is 11.5 Å². The molecule has 4 atom stereocenters. The van der Waals surface area contributed by atoms with Crippen molar-refractivity contribution in [3.05, 3.63) is 150 Å². The average molecular weight is 666 g/mol. The quantitative estimate of drug-likeness (QED) is 0.0770. The molecule has 1 aliphatic heterocycles. The van der Waals surface area contributed by atoms with Crippen molar-refractivity contribution in [3.63, 3.8) is 0 Å². The van der Waals surface area contributed by atoms with Crippen LogP contribution >= 0.6 is 0 Å². The van der Waals surface area contributed by atoms with Crippen LogP contribution in [0.4, 0.5) is 5.69 Å². The fraction of sp³-hybridized carbons (Fsp3) is 0.209. The fourth-order valence-electron chi connectivity index (χ4n) is 7.63. The number of aromatic hydroxyl groups is 1. The SMILES string of the molecule is O=C1[C@@H]2[C@@H](CC(COc3ccccc3)=C([C@H](O)CC/C(=C/c3ccc(O)c4ccccc34)c3ccccc3)[C@@H]2CO)C(=O)N1c1ccccc1. The van der Waals surface area contributed by atoms with E-state index in [0.29, 0.717) is 29.9 Å². The highest BCUT2D eigenvalue weighted by Crippen LogP contribution is 2.47. The van der Waals surface area contributed by atoms with Crippen LogP contribution in [0.1, 0.15) is 30.4 Å². The van der Waals surface area contributed by atoms with E-state index in [2.05, 4.69) is 6.08 Å². The fourth-order valence-corrected chi connectivity index (χ4v) is 7.63. The molecule has 1 aliphatic carbocycles. The molecule has 5 aromatic rings. The van der Waals surface area contributed by atoms with Crippen LogP contribution in [0, 0.1) is 17.8 Å². The van der Waals surface area contributed by atoms with Crippen LogP contribution in [0.3, 0.4) is 0 Å². The maximum Gasteiger partial charge on any atom is 0.238 e. The number of aliphatic hydroxyl groups excluding tert-OH is 2. The molecule has 50 heavy (non-hydrogen) atoms. The van der Waals surface area contributed by atoms with Gasteiger partial charge in [0.2, 0.25) is 11.8 Å². The summed E-state index contributed by atoms with van der Waals surface area (Å²) in [6, 6.07) is 39.4. The molecule has 5 aromatic carbocycles. The lowest BCUT2D eigenvalue weighted by atomic mass is 9.68. The lowest BCUT2D eigenvalue weighted by Gasteiger charge is -2.36.